The maximum atomic E-state index is 11.6. The first-order valence-corrected chi connectivity index (χ1v) is 8.35. The Kier molecular flexibility index (Phi) is 9.88. The molecule has 0 saturated carbocycles. The van der Waals surface area contributed by atoms with Gasteiger partial charge in [-0.2, -0.15) is 0 Å². The number of epoxide rings is 1. The second-order valence-electron chi connectivity index (χ2n) is 5.74. The molecule has 21 heavy (non-hydrogen) atoms. The zero-order valence-corrected chi connectivity index (χ0v) is 13.4. The maximum absolute atomic E-state index is 11.6. The van der Waals surface area contributed by atoms with Gasteiger partial charge in [0.1, 0.15) is 6.61 Å². The first-order chi connectivity index (χ1) is 10.2. The Morgan fingerprint density at radius 3 is 2.52 bits per heavy atom. The lowest BCUT2D eigenvalue weighted by Crippen LogP contribution is -2.08. The molecule has 0 radical (unpaired) electrons. The Morgan fingerprint density at radius 1 is 1.19 bits per heavy atom. The van der Waals surface area contributed by atoms with Crippen LogP contribution in [0.3, 0.4) is 0 Å². The second kappa shape index (κ2) is 11.6. The predicted octanol–water partition coefficient (Wildman–Crippen LogP) is 4.57. The Bertz CT molecular complexity index is 329. The smallest absolute Gasteiger partial charge is 0.333 e. The van der Waals surface area contributed by atoms with Crippen LogP contribution in [0.5, 0.6) is 0 Å². The van der Waals surface area contributed by atoms with E-state index < -0.39 is 0 Å². The van der Waals surface area contributed by atoms with E-state index in [0.29, 0.717) is 18.6 Å². The molecule has 0 amide bonds. The minimum Gasteiger partial charge on any atom is -0.458 e. The normalized spacial score (nSPS) is 17.1. The SMILES string of the molecule is C=C(CC1CO1)C(=O)OCC=CCCCCCCCCC. The summed E-state index contributed by atoms with van der Waals surface area (Å²) in [7, 11) is 0. The summed E-state index contributed by atoms with van der Waals surface area (Å²) in [6.07, 6.45) is 15.2. The van der Waals surface area contributed by atoms with Gasteiger partial charge >= 0.3 is 5.97 Å². The van der Waals surface area contributed by atoms with Crippen LogP contribution in [0.25, 0.3) is 0 Å². The summed E-state index contributed by atoms with van der Waals surface area (Å²) in [6.45, 7) is 7.06. The Balaban J connectivity index is 1.87. The molecule has 0 spiro atoms. The van der Waals surface area contributed by atoms with Gasteiger partial charge in [0.15, 0.2) is 0 Å². The number of ether oxygens (including phenoxy) is 2. The van der Waals surface area contributed by atoms with Crippen molar-refractivity contribution >= 4 is 5.97 Å². The van der Waals surface area contributed by atoms with Crippen LogP contribution in [0.2, 0.25) is 0 Å². The van der Waals surface area contributed by atoms with Gasteiger partial charge in [0, 0.05) is 12.0 Å². The molecule has 1 atom stereocenters. The zero-order chi connectivity index (χ0) is 15.3. The third-order valence-electron chi connectivity index (χ3n) is 3.62. The van der Waals surface area contributed by atoms with Crippen molar-refractivity contribution in [2.24, 2.45) is 0 Å². The van der Waals surface area contributed by atoms with Crippen molar-refractivity contribution in [3.8, 4) is 0 Å². The minimum atomic E-state index is -0.300. The van der Waals surface area contributed by atoms with Crippen LogP contribution in [0.4, 0.5) is 0 Å². The van der Waals surface area contributed by atoms with Crippen LogP contribution in [0, 0.1) is 0 Å². The van der Waals surface area contributed by atoms with Crippen molar-refractivity contribution in [1.82, 2.24) is 0 Å². The number of esters is 1. The Labute approximate surface area is 129 Å². The summed E-state index contributed by atoms with van der Waals surface area (Å²) in [5.41, 5.74) is 0.512. The molecule has 1 rings (SSSR count). The molecular weight excluding hydrogens is 264 g/mol. The van der Waals surface area contributed by atoms with E-state index in [1.807, 2.05) is 6.08 Å². The summed E-state index contributed by atoms with van der Waals surface area (Å²) < 4.78 is 10.2. The third-order valence-corrected chi connectivity index (χ3v) is 3.62. The van der Waals surface area contributed by atoms with Crippen LogP contribution < -0.4 is 0 Å². The molecule has 0 N–H and O–H groups in total. The van der Waals surface area contributed by atoms with Gasteiger partial charge in [0.05, 0.1) is 12.7 Å². The van der Waals surface area contributed by atoms with Crippen LogP contribution in [0.1, 0.15) is 64.7 Å². The highest BCUT2D eigenvalue weighted by molar-refractivity contribution is 5.87. The predicted molar refractivity (Wildman–Crippen MR) is 86.2 cm³/mol. The monoisotopic (exact) mass is 294 g/mol. The molecule has 0 aromatic heterocycles. The molecule has 3 nitrogen and oxygen atoms in total. The summed E-state index contributed by atoms with van der Waals surface area (Å²) in [4.78, 5) is 11.6. The molecule has 1 heterocycles. The fourth-order valence-corrected chi connectivity index (χ4v) is 2.18. The highest BCUT2D eigenvalue weighted by Crippen LogP contribution is 2.18. The molecular formula is C18H30O3. The lowest BCUT2D eigenvalue weighted by atomic mass is 10.1. The largest absolute Gasteiger partial charge is 0.458 e. The van der Waals surface area contributed by atoms with Crippen LogP contribution in [0.15, 0.2) is 24.3 Å². The second-order valence-corrected chi connectivity index (χ2v) is 5.74. The number of rotatable bonds is 13. The molecule has 120 valence electrons. The molecule has 1 saturated heterocycles. The number of hydrogen-bond acceptors (Lipinski definition) is 3. The van der Waals surface area contributed by atoms with Crippen LogP contribution in [-0.2, 0) is 14.3 Å². The fourth-order valence-electron chi connectivity index (χ4n) is 2.18. The van der Waals surface area contributed by atoms with Gasteiger partial charge in [-0.3, -0.25) is 0 Å². The van der Waals surface area contributed by atoms with Gasteiger partial charge < -0.3 is 9.47 Å². The minimum absolute atomic E-state index is 0.193. The molecule has 3 heteroatoms. The van der Waals surface area contributed by atoms with Gasteiger partial charge in [-0.05, 0) is 12.8 Å². The molecule has 1 unspecified atom stereocenters. The quantitative estimate of drug-likeness (QED) is 0.164. The van der Waals surface area contributed by atoms with Crippen molar-refractivity contribution in [2.45, 2.75) is 70.8 Å². The average molecular weight is 294 g/mol. The van der Waals surface area contributed by atoms with Gasteiger partial charge in [0.2, 0.25) is 0 Å². The lowest BCUT2D eigenvalue weighted by molar-refractivity contribution is -0.138. The maximum Gasteiger partial charge on any atom is 0.333 e. The van der Waals surface area contributed by atoms with E-state index in [1.165, 1.54) is 44.9 Å². The molecule has 0 aliphatic carbocycles. The van der Waals surface area contributed by atoms with E-state index >= 15 is 0 Å². The topological polar surface area (TPSA) is 38.8 Å². The molecule has 1 aliphatic heterocycles. The number of carbonyl (C=O) groups excluding carboxylic acids is 1. The van der Waals surface area contributed by atoms with Crippen molar-refractivity contribution in [2.75, 3.05) is 13.2 Å². The molecule has 0 bridgehead atoms. The van der Waals surface area contributed by atoms with Crippen LogP contribution >= 0.6 is 0 Å². The van der Waals surface area contributed by atoms with E-state index in [2.05, 4.69) is 19.6 Å². The standard InChI is InChI=1S/C18H30O3/c1-3-4-5-6-7-8-9-10-11-12-13-20-18(19)16(2)14-17-15-21-17/h11-12,17H,2-10,13-15H2,1H3. The lowest BCUT2D eigenvalue weighted by Gasteiger charge is -2.03. The summed E-state index contributed by atoms with van der Waals surface area (Å²) in [5.74, 6) is -0.300. The van der Waals surface area contributed by atoms with Crippen molar-refractivity contribution < 1.29 is 14.3 Å². The Morgan fingerprint density at radius 2 is 1.86 bits per heavy atom. The van der Waals surface area contributed by atoms with E-state index in [1.54, 1.807) is 0 Å². The van der Waals surface area contributed by atoms with Crippen molar-refractivity contribution in [3.63, 3.8) is 0 Å². The molecule has 0 aromatic carbocycles. The average Bonchev–Trinajstić information content (AvgIpc) is 3.28. The van der Waals surface area contributed by atoms with E-state index in [-0.39, 0.29) is 12.1 Å². The van der Waals surface area contributed by atoms with Gasteiger partial charge in [-0.25, -0.2) is 4.79 Å². The number of hydrogen-bond donors (Lipinski definition) is 0. The summed E-state index contributed by atoms with van der Waals surface area (Å²) >= 11 is 0. The molecule has 1 aliphatic rings. The van der Waals surface area contributed by atoms with Gasteiger partial charge in [0.25, 0.3) is 0 Å². The first-order valence-electron chi connectivity index (χ1n) is 8.35. The third kappa shape index (κ3) is 10.3. The van der Waals surface area contributed by atoms with Crippen molar-refractivity contribution in [1.29, 1.82) is 0 Å². The van der Waals surface area contributed by atoms with Gasteiger partial charge in [-0.15, -0.1) is 0 Å². The number of carbonyl (C=O) groups is 1. The fraction of sp³-hybridized carbons (Fsp3) is 0.722. The highest BCUT2D eigenvalue weighted by Gasteiger charge is 2.25. The first kappa shape index (κ1) is 18.0. The zero-order valence-electron chi connectivity index (χ0n) is 13.4. The number of allylic oxidation sites excluding steroid dienone is 1. The van der Waals surface area contributed by atoms with Gasteiger partial charge in [-0.1, -0.05) is 64.2 Å². The van der Waals surface area contributed by atoms with Crippen LogP contribution in [-0.4, -0.2) is 25.3 Å². The summed E-state index contributed by atoms with van der Waals surface area (Å²) in [6, 6.07) is 0. The van der Waals surface area contributed by atoms with E-state index in [0.717, 1.165) is 13.0 Å². The van der Waals surface area contributed by atoms with E-state index in [4.69, 9.17) is 9.47 Å². The highest BCUT2D eigenvalue weighted by atomic mass is 16.6. The van der Waals surface area contributed by atoms with E-state index in [9.17, 15) is 4.79 Å². The Hall–Kier alpha value is -1.09. The molecule has 1 fully saturated rings. The summed E-state index contributed by atoms with van der Waals surface area (Å²) in [5, 5.41) is 0. The van der Waals surface area contributed by atoms with Crippen molar-refractivity contribution in [3.05, 3.63) is 24.3 Å². The number of unbranched alkanes of at least 4 members (excludes halogenated alkanes) is 7. The molecule has 0 aromatic rings.